The Balaban J connectivity index is 3.05. The molecule has 0 fully saturated rings. The van der Waals surface area contributed by atoms with Crippen LogP contribution in [0.3, 0.4) is 0 Å². The van der Waals surface area contributed by atoms with Crippen LogP contribution in [-0.4, -0.2) is 21.0 Å². The normalized spacial score (nSPS) is 14.3. The van der Waals surface area contributed by atoms with E-state index in [-0.39, 0.29) is 11.5 Å². The van der Waals surface area contributed by atoms with Gasteiger partial charge in [-0.2, -0.15) is 0 Å². The highest BCUT2D eigenvalue weighted by Gasteiger charge is 2.21. The van der Waals surface area contributed by atoms with Gasteiger partial charge in [0.1, 0.15) is 0 Å². The van der Waals surface area contributed by atoms with E-state index in [2.05, 4.69) is 25.5 Å². The first-order chi connectivity index (χ1) is 9.04. The third-order valence-electron chi connectivity index (χ3n) is 3.24. The molecule has 0 aliphatic heterocycles. The lowest BCUT2D eigenvalue weighted by Crippen LogP contribution is -2.29. The van der Waals surface area contributed by atoms with Gasteiger partial charge in [-0.25, -0.2) is 13.1 Å². The molecule has 0 aromatic heterocycles. The van der Waals surface area contributed by atoms with E-state index in [0.29, 0.717) is 17.9 Å². The second kappa shape index (κ2) is 6.24. The molecule has 1 unspecified atom stereocenters. The standard InChI is InChI=1S/C15H26N2O2S/c1-11-6-7-13(15(3,4)5)10-14(11)20(18,19)17-9-8-12(2)16/h6-7,10,12,17H,8-9,16H2,1-5H3. The zero-order valence-corrected chi connectivity index (χ0v) is 13.8. The molecular formula is C15H26N2O2S. The van der Waals surface area contributed by atoms with Gasteiger partial charge in [-0.1, -0.05) is 32.9 Å². The molecule has 0 aliphatic carbocycles. The molecule has 114 valence electrons. The predicted molar refractivity (Wildman–Crippen MR) is 83.3 cm³/mol. The summed E-state index contributed by atoms with van der Waals surface area (Å²) >= 11 is 0. The Hall–Kier alpha value is -0.910. The van der Waals surface area contributed by atoms with Crippen LogP contribution in [-0.2, 0) is 15.4 Å². The second-order valence-electron chi connectivity index (χ2n) is 6.39. The Labute approximate surface area is 122 Å². The molecule has 1 atom stereocenters. The molecule has 0 radical (unpaired) electrons. The monoisotopic (exact) mass is 298 g/mol. The van der Waals surface area contributed by atoms with E-state index in [9.17, 15) is 8.42 Å². The van der Waals surface area contributed by atoms with Crippen molar-refractivity contribution in [2.75, 3.05) is 6.54 Å². The Bertz CT molecular complexity index is 558. The van der Waals surface area contributed by atoms with Crippen molar-refractivity contribution >= 4 is 10.0 Å². The van der Waals surface area contributed by atoms with Crippen molar-refractivity contribution in [2.45, 2.75) is 57.4 Å². The van der Waals surface area contributed by atoms with E-state index in [1.54, 1.807) is 6.07 Å². The van der Waals surface area contributed by atoms with Crippen LogP contribution in [0, 0.1) is 6.92 Å². The number of hydrogen-bond donors (Lipinski definition) is 2. The summed E-state index contributed by atoms with van der Waals surface area (Å²) < 4.78 is 27.3. The highest BCUT2D eigenvalue weighted by atomic mass is 32.2. The summed E-state index contributed by atoms with van der Waals surface area (Å²) in [6, 6.07) is 5.60. The summed E-state index contributed by atoms with van der Waals surface area (Å²) in [5.74, 6) is 0. The van der Waals surface area contributed by atoms with Gasteiger partial charge >= 0.3 is 0 Å². The van der Waals surface area contributed by atoms with Crippen LogP contribution in [0.25, 0.3) is 0 Å². The fourth-order valence-electron chi connectivity index (χ4n) is 1.85. The largest absolute Gasteiger partial charge is 0.328 e. The average Bonchev–Trinajstić information content (AvgIpc) is 2.26. The van der Waals surface area contributed by atoms with Crippen molar-refractivity contribution in [3.63, 3.8) is 0 Å². The van der Waals surface area contributed by atoms with E-state index in [1.165, 1.54) is 0 Å². The van der Waals surface area contributed by atoms with Gasteiger partial charge in [0.15, 0.2) is 0 Å². The molecule has 4 nitrogen and oxygen atoms in total. The number of benzene rings is 1. The van der Waals surface area contributed by atoms with E-state index >= 15 is 0 Å². The first-order valence-electron chi connectivity index (χ1n) is 6.90. The molecule has 1 aromatic carbocycles. The van der Waals surface area contributed by atoms with Gasteiger partial charge in [-0.05, 0) is 42.9 Å². The van der Waals surface area contributed by atoms with Crippen molar-refractivity contribution < 1.29 is 8.42 Å². The molecule has 0 saturated carbocycles. The van der Waals surface area contributed by atoms with Gasteiger partial charge in [-0.15, -0.1) is 0 Å². The van der Waals surface area contributed by atoms with Gasteiger partial charge in [0.05, 0.1) is 4.90 Å². The lowest BCUT2D eigenvalue weighted by Gasteiger charge is -2.21. The fourth-order valence-corrected chi connectivity index (χ4v) is 3.17. The molecule has 20 heavy (non-hydrogen) atoms. The first-order valence-corrected chi connectivity index (χ1v) is 8.39. The summed E-state index contributed by atoms with van der Waals surface area (Å²) in [5, 5.41) is 0. The van der Waals surface area contributed by atoms with Gasteiger partial charge in [0.25, 0.3) is 0 Å². The van der Waals surface area contributed by atoms with E-state index in [1.807, 2.05) is 26.0 Å². The van der Waals surface area contributed by atoms with Gasteiger partial charge in [0, 0.05) is 12.6 Å². The molecule has 1 aromatic rings. The molecule has 3 N–H and O–H groups in total. The molecule has 0 heterocycles. The van der Waals surface area contributed by atoms with Crippen molar-refractivity contribution in [3.8, 4) is 0 Å². The number of rotatable bonds is 5. The van der Waals surface area contributed by atoms with Crippen LogP contribution in [0.1, 0.15) is 45.2 Å². The average molecular weight is 298 g/mol. The number of nitrogens with one attached hydrogen (secondary N) is 1. The maximum absolute atomic E-state index is 12.4. The second-order valence-corrected chi connectivity index (χ2v) is 8.13. The van der Waals surface area contributed by atoms with Crippen LogP contribution in [0.15, 0.2) is 23.1 Å². The molecule has 0 saturated heterocycles. The number of aryl methyl sites for hydroxylation is 1. The Kier molecular flexibility index (Phi) is 5.35. The summed E-state index contributed by atoms with van der Waals surface area (Å²) in [7, 11) is -3.47. The smallest absolute Gasteiger partial charge is 0.240 e. The predicted octanol–water partition coefficient (Wildman–Crippen LogP) is 2.31. The summed E-state index contributed by atoms with van der Waals surface area (Å²) in [6.45, 7) is 10.2. The van der Waals surface area contributed by atoms with Crippen molar-refractivity contribution in [1.29, 1.82) is 0 Å². The highest BCUT2D eigenvalue weighted by molar-refractivity contribution is 7.89. The van der Waals surface area contributed by atoms with Crippen molar-refractivity contribution in [1.82, 2.24) is 4.72 Å². The Morgan fingerprint density at radius 2 is 1.90 bits per heavy atom. The SMILES string of the molecule is Cc1ccc(C(C)(C)C)cc1S(=O)(=O)NCCC(C)N. The van der Waals surface area contributed by atoms with Gasteiger partial charge < -0.3 is 5.73 Å². The minimum Gasteiger partial charge on any atom is -0.328 e. The molecule has 5 heteroatoms. The van der Waals surface area contributed by atoms with Crippen molar-refractivity contribution in [3.05, 3.63) is 29.3 Å². The Morgan fingerprint density at radius 1 is 1.30 bits per heavy atom. The topological polar surface area (TPSA) is 72.2 Å². The number of sulfonamides is 1. The zero-order valence-electron chi connectivity index (χ0n) is 13.0. The van der Waals surface area contributed by atoms with Crippen LogP contribution in [0.5, 0.6) is 0 Å². The zero-order chi connectivity index (χ0) is 15.6. The first kappa shape index (κ1) is 17.1. The summed E-state index contributed by atoms with van der Waals surface area (Å²) in [4.78, 5) is 0.356. The fraction of sp³-hybridized carbons (Fsp3) is 0.600. The van der Waals surface area contributed by atoms with Crippen LogP contribution < -0.4 is 10.5 Å². The van der Waals surface area contributed by atoms with Crippen LogP contribution >= 0.6 is 0 Å². The molecule has 0 bridgehead atoms. The molecule has 0 aliphatic rings. The lowest BCUT2D eigenvalue weighted by molar-refractivity contribution is 0.568. The third-order valence-corrected chi connectivity index (χ3v) is 4.84. The summed E-state index contributed by atoms with van der Waals surface area (Å²) in [6.07, 6.45) is 0.622. The van der Waals surface area contributed by atoms with Crippen molar-refractivity contribution in [2.24, 2.45) is 5.73 Å². The molecule has 1 rings (SSSR count). The maximum atomic E-state index is 12.4. The minimum atomic E-state index is -3.47. The third kappa shape index (κ3) is 4.58. The quantitative estimate of drug-likeness (QED) is 0.876. The van der Waals surface area contributed by atoms with E-state index in [4.69, 9.17) is 5.73 Å². The van der Waals surface area contributed by atoms with E-state index in [0.717, 1.165) is 11.1 Å². The van der Waals surface area contributed by atoms with Crippen LogP contribution in [0.2, 0.25) is 0 Å². The summed E-state index contributed by atoms with van der Waals surface area (Å²) in [5.41, 5.74) is 7.32. The van der Waals surface area contributed by atoms with Gasteiger partial charge in [-0.3, -0.25) is 0 Å². The Morgan fingerprint density at radius 3 is 2.40 bits per heavy atom. The minimum absolute atomic E-state index is 0.0142. The maximum Gasteiger partial charge on any atom is 0.240 e. The van der Waals surface area contributed by atoms with Crippen LogP contribution in [0.4, 0.5) is 0 Å². The lowest BCUT2D eigenvalue weighted by atomic mass is 9.87. The number of hydrogen-bond acceptors (Lipinski definition) is 3. The van der Waals surface area contributed by atoms with E-state index < -0.39 is 10.0 Å². The molecule has 0 amide bonds. The molecule has 0 spiro atoms. The van der Waals surface area contributed by atoms with Gasteiger partial charge in [0.2, 0.25) is 10.0 Å². The highest BCUT2D eigenvalue weighted by Crippen LogP contribution is 2.26. The number of nitrogens with two attached hydrogens (primary N) is 1. The molecular weight excluding hydrogens is 272 g/mol.